The largest absolute Gasteiger partial charge is 2.00 e. The summed E-state index contributed by atoms with van der Waals surface area (Å²) in [5.74, 6) is 0. The minimum Gasteiger partial charge on any atom is -1.00 e. The molecule has 0 aliphatic carbocycles. The van der Waals surface area contributed by atoms with Crippen molar-refractivity contribution in [1.29, 1.82) is 0 Å². The van der Waals surface area contributed by atoms with Crippen LogP contribution >= 0.6 is 11.1 Å². The Bertz CT molecular complexity index is 20.4. The molecule has 0 saturated heterocycles. The molecular weight excluding hydrogens is 96.6 g/mol. The van der Waals surface area contributed by atoms with E-state index in [0.717, 1.165) is 0 Å². The van der Waals surface area contributed by atoms with Crippen LogP contribution in [0.15, 0.2) is 0 Å². The first-order chi connectivity index (χ1) is 1.73. The molecule has 0 bridgehead atoms. The van der Waals surface area contributed by atoms with Crippen molar-refractivity contribution in [2.75, 3.05) is 0 Å². The normalized spacial score (nSPS) is 7.20. The maximum Gasteiger partial charge on any atom is 2.00 e. The van der Waals surface area contributed by atoms with Crippen LogP contribution in [-0.2, 0) is 0 Å². The third-order valence-electron chi connectivity index (χ3n) is 0. The summed E-state index contributed by atoms with van der Waals surface area (Å²) >= 11 is 5.41. The van der Waals surface area contributed by atoms with Gasteiger partial charge in [-0.1, -0.05) is 13.1 Å². The standard InChI is InChI=1S/C2H7ClSi.Be.2H/c1-4(2)3;;;/h4H,1-2H3;;;/q;+2;2*-1. The summed E-state index contributed by atoms with van der Waals surface area (Å²) in [6.45, 7) is 4.14. The molecule has 3 heteroatoms. The van der Waals surface area contributed by atoms with E-state index in [9.17, 15) is 0 Å². The van der Waals surface area contributed by atoms with E-state index in [4.69, 9.17) is 11.1 Å². The van der Waals surface area contributed by atoms with Gasteiger partial charge < -0.3 is 2.85 Å². The quantitative estimate of drug-likeness (QED) is 0.319. The molecule has 5 heavy (non-hydrogen) atoms. The molecule has 0 rings (SSSR count). The van der Waals surface area contributed by atoms with E-state index in [-0.39, 0.29) is 13.0 Å². The average Bonchev–Trinajstić information content (AvgIpc) is 0.811. The van der Waals surface area contributed by atoms with Gasteiger partial charge in [0.25, 0.3) is 0 Å². The van der Waals surface area contributed by atoms with Gasteiger partial charge in [0.2, 0.25) is 0 Å². The summed E-state index contributed by atoms with van der Waals surface area (Å²) in [5.41, 5.74) is 0. The first-order valence-corrected chi connectivity index (χ1v) is 5.43. The second-order valence-electron chi connectivity index (χ2n) is 1.01. The first-order valence-electron chi connectivity index (χ1n) is 1.37. The molecule has 0 heterocycles. The van der Waals surface area contributed by atoms with Crippen molar-refractivity contribution in [1.82, 2.24) is 0 Å². The van der Waals surface area contributed by atoms with Crippen molar-refractivity contribution < 1.29 is 2.85 Å². The fourth-order valence-corrected chi connectivity index (χ4v) is 0. The van der Waals surface area contributed by atoms with E-state index in [1.165, 1.54) is 0 Å². The van der Waals surface area contributed by atoms with E-state index in [1.54, 1.807) is 0 Å². The van der Waals surface area contributed by atoms with Gasteiger partial charge in [0.05, 0.1) is 0 Å². The van der Waals surface area contributed by atoms with Crippen LogP contribution in [0.25, 0.3) is 0 Å². The van der Waals surface area contributed by atoms with Crippen LogP contribution in [0.3, 0.4) is 0 Å². The van der Waals surface area contributed by atoms with Gasteiger partial charge in [0.15, 0.2) is 0 Å². The number of rotatable bonds is 0. The number of halogens is 1. The molecule has 30 valence electrons. The number of hydrogen-bond donors (Lipinski definition) is 0. The average molecular weight is 106 g/mol. The zero-order valence-corrected chi connectivity index (χ0v) is 5.57. The van der Waals surface area contributed by atoms with E-state index in [1.807, 2.05) is 0 Å². The zero-order valence-electron chi connectivity index (χ0n) is 5.66. The molecule has 0 aromatic rings. The molecule has 0 radical (unpaired) electrons. The Morgan fingerprint density at radius 1 is 1.60 bits per heavy atom. The Balaban J connectivity index is -0.0000000150. The molecule has 0 aliphatic rings. The first kappa shape index (κ1) is 9.18. The van der Waals surface area contributed by atoms with Gasteiger partial charge in [-0.05, 0) is 0 Å². The summed E-state index contributed by atoms with van der Waals surface area (Å²) in [6, 6.07) is 0. The second-order valence-corrected chi connectivity index (χ2v) is 5.66. The fourth-order valence-electron chi connectivity index (χ4n) is 0. The smallest absolute Gasteiger partial charge is 1.00 e. The molecule has 0 nitrogen and oxygen atoms in total. The molecular formula is C2H9BeClSi. The van der Waals surface area contributed by atoms with E-state index in [2.05, 4.69) is 13.1 Å². The molecule has 0 N–H and O–H groups in total. The van der Waals surface area contributed by atoms with Crippen LogP contribution in [0.1, 0.15) is 2.85 Å². The molecule has 0 fully saturated rings. The van der Waals surface area contributed by atoms with E-state index >= 15 is 0 Å². The minimum atomic E-state index is -0.667. The van der Waals surface area contributed by atoms with Crippen LogP contribution in [0.4, 0.5) is 0 Å². The van der Waals surface area contributed by atoms with Gasteiger partial charge in [-0.15, -0.1) is 0 Å². The Morgan fingerprint density at radius 3 is 1.60 bits per heavy atom. The van der Waals surface area contributed by atoms with Gasteiger partial charge in [-0.3, -0.25) is 0 Å². The predicted octanol–water partition coefficient (Wildman–Crippen LogP) is 1.05. The fraction of sp³-hybridized carbons (Fsp3) is 1.00. The molecule has 0 aliphatic heterocycles. The van der Waals surface area contributed by atoms with Gasteiger partial charge in [0.1, 0.15) is 8.11 Å². The molecule has 0 amide bonds. The summed E-state index contributed by atoms with van der Waals surface area (Å²) in [5, 5.41) is 0. The Hall–Kier alpha value is 0.676. The Morgan fingerprint density at radius 2 is 1.60 bits per heavy atom. The third kappa shape index (κ3) is 73.3. The topological polar surface area (TPSA) is 0 Å². The molecule has 0 saturated carbocycles. The minimum absolute atomic E-state index is 0. The van der Waals surface area contributed by atoms with Gasteiger partial charge in [-0.25, -0.2) is 0 Å². The van der Waals surface area contributed by atoms with Crippen LogP contribution in [0.5, 0.6) is 0 Å². The van der Waals surface area contributed by atoms with Crippen molar-refractivity contribution in [3.8, 4) is 0 Å². The Labute approximate surface area is 46.0 Å². The summed E-state index contributed by atoms with van der Waals surface area (Å²) in [6.07, 6.45) is 0. The van der Waals surface area contributed by atoms with Crippen molar-refractivity contribution in [2.24, 2.45) is 0 Å². The van der Waals surface area contributed by atoms with Crippen LogP contribution in [0.2, 0.25) is 13.1 Å². The van der Waals surface area contributed by atoms with Crippen molar-refractivity contribution in [3.63, 3.8) is 0 Å². The zero-order chi connectivity index (χ0) is 3.58. The number of hydrogen-bond acceptors (Lipinski definition) is 0. The van der Waals surface area contributed by atoms with Gasteiger partial charge >= 0.3 is 10.1 Å². The van der Waals surface area contributed by atoms with E-state index in [0.29, 0.717) is 0 Å². The summed E-state index contributed by atoms with van der Waals surface area (Å²) in [7, 11) is -0.667. The summed E-state index contributed by atoms with van der Waals surface area (Å²) in [4.78, 5) is 0. The molecule has 0 aromatic heterocycles. The molecule has 0 spiro atoms. The van der Waals surface area contributed by atoms with Gasteiger partial charge in [-0.2, -0.15) is 11.1 Å². The van der Waals surface area contributed by atoms with Gasteiger partial charge in [0, 0.05) is 0 Å². The van der Waals surface area contributed by atoms with Crippen LogP contribution in [0, 0.1) is 0 Å². The van der Waals surface area contributed by atoms with Crippen molar-refractivity contribution in [2.45, 2.75) is 13.1 Å². The van der Waals surface area contributed by atoms with Crippen LogP contribution < -0.4 is 0 Å². The van der Waals surface area contributed by atoms with Crippen molar-refractivity contribution in [3.05, 3.63) is 0 Å². The predicted molar refractivity (Wildman–Crippen MR) is 32.7 cm³/mol. The molecule has 0 aromatic carbocycles. The monoisotopic (exact) mass is 105 g/mol. The maximum atomic E-state index is 5.41. The SMILES string of the molecule is C[SiH](C)Cl.[Be+2].[H-].[H-]. The van der Waals surface area contributed by atoms with Crippen LogP contribution in [-0.4, -0.2) is 18.2 Å². The maximum absolute atomic E-state index is 5.41. The second kappa shape index (κ2) is 4.68. The molecule has 0 atom stereocenters. The van der Waals surface area contributed by atoms with Crippen molar-refractivity contribution >= 4 is 29.3 Å². The Kier molecular flexibility index (Phi) is 8.59. The third-order valence-corrected chi connectivity index (χ3v) is 0. The molecule has 0 unspecified atom stereocenters. The summed E-state index contributed by atoms with van der Waals surface area (Å²) < 4.78 is 0. The van der Waals surface area contributed by atoms with E-state index < -0.39 is 8.11 Å².